The Morgan fingerprint density at radius 1 is 0.594 bits per heavy atom. The van der Waals surface area contributed by atoms with Gasteiger partial charge in [0.2, 0.25) is 0 Å². The third kappa shape index (κ3) is 21.2. The van der Waals surface area contributed by atoms with Crippen molar-refractivity contribution >= 4 is 17.2 Å². The Kier molecular flexibility index (Phi) is 26.7. The van der Waals surface area contributed by atoms with Crippen molar-refractivity contribution in [2.24, 2.45) is 0 Å². The SMILES string of the molecule is CCCOCCCN(CCPCCC(OCC)OCC)CCPCCC(OCC)OCC. The highest BCUT2D eigenvalue weighted by molar-refractivity contribution is 7.38. The highest BCUT2D eigenvalue weighted by Crippen LogP contribution is 2.17. The highest BCUT2D eigenvalue weighted by Gasteiger charge is 2.10. The van der Waals surface area contributed by atoms with Gasteiger partial charge in [-0.2, -0.15) is 0 Å². The normalized spacial score (nSPS) is 12.8. The summed E-state index contributed by atoms with van der Waals surface area (Å²) in [5, 5.41) is 0. The maximum atomic E-state index is 5.69. The van der Waals surface area contributed by atoms with Crippen molar-refractivity contribution in [3.63, 3.8) is 0 Å². The zero-order valence-corrected chi connectivity index (χ0v) is 23.7. The van der Waals surface area contributed by atoms with Crippen LogP contribution in [0.1, 0.15) is 60.3 Å². The number of hydrogen-bond donors (Lipinski definition) is 0. The molecule has 0 aliphatic carbocycles. The summed E-state index contributed by atoms with van der Waals surface area (Å²) < 4.78 is 28.3. The Hall–Kier alpha value is 0.620. The van der Waals surface area contributed by atoms with Crippen LogP contribution in [0.15, 0.2) is 0 Å². The minimum atomic E-state index is -0.0253. The molecule has 0 saturated heterocycles. The van der Waals surface area contributed by atoms with Gasteiger partial charge in [0, 0.05) is 72.1 Å². The third-order valence-electron chi connectivity index (χ3n) is 4.84. The fraction of sp³-hybridized carbons (Fsp3) is 1.00. The van der Waals surface area contributed by atoms with Crippen LogP contribution in [0.5, 0.6) is 0 Å². The Morgan fingerprint density at radius 3 is 1.47 bits per heavy atom. The van der Waals surface area contributed by atoms with Crippen molar-refractivity contribution in [1.82, 2.24) is 4.90 Å². The molecule has 0 bridgehead atoms. The molecule has 0 amide bonds. The first-order valence-corrected chi connectivity index (χ1v) is 15.7. The van der Waals surface area contributed by atoms with Gasteiger partial charge in [0.1, 0.15) is 0 Å². The molecule has 0 radical (unpaired) electrons. The largest absolute Gasteiger partial charge is 0.381 e. The monoisotopic (exact) mass is 497 g/mol. The third-order valence-corrected chi connectivity index (χ3v) is 7.28. The Labute approximate surface area is 202 Å². The molecular weight excluding hydrogens is 444 g/mol. The van der Waals surface area contributed by atoms with Gasteiger partial charge in [0.05, 0.1) is 0 Å². The molecule has 0 heterocycles. The smallest absolute Gasteiger partial charge is 0.157 e. The van der Waals surface area contributed by atoms with E-state index in [0.29, 0.717) is 0 Å². The van der Waals surface area contributed by atoms with E-state index in [1.807, 2.05) is 27.7 Å². The number of rotatable bonds is 26. The van der Waals surface area contributed by atoms with E-state index in [-0.39, 0.29) is 12.6 Å². The molecule has 0 aliphatic heterocycles. The van der Waals surface area contributed by atoms with E-state index in [2.05, 4.69) is 11.8 Å². The summed E-state index contributed by atoms with van der Waals surface area (Å²) in [5.74, 6) is 0. The predicted molar refractivity (Wildman–Crippen MR) is 142 cm³/mol. The average Bonchev–Trinajstić information content (AvgIpc) is 2.78. The first-order valence-electron chi connectivity index (χ1n) is 12.9. The van der Waals surface area contributed by atoms with Crippen molar-refractivity contribution in [2.45, 2.75) is 72.9 Å². The minimum absolute atomic E-state index is 0.0253. The first-order chi connectivity index (χ1) is 15.7. The predicted octanol–water partition coefficient (Wildman–Crippen LogP) is 5.04. The molecule has 0 spiro atoms. The first kappa shape index (κ1) is 32.6. The summed E-state index contributed by atoms with van der Waals surface area (Å²) in [4.78, 5) is 2.64. The molecule has 0 aromatic heterocycles. The Morgan fingerprint density at radius 2 is 1.06 bits per heavy atom. The zero-order valence-electron chi connectivity index (χ0n) is 21.7. The molecule has 32 heavy (non-hydrogen) atoms. The van der Waals surface area contributed by atoms with Crippen LogP contribution in [-0.2, 0) is 23.7 Å². The molecule has 0 aromatic rings. The Bertz CT molecular complexity index is 331. The van der Waals surface area contributed by atoms with Crippen molar-refractivity contribution in [3.8, 4) is 0 Å². The molecule has 0 N–H and O–H groups in total. The summed E-state index contributed by atoms with van der Waals surface area (Å²) in [6.07, 6.45) is 9.10. The average molecular weight is 498 g/mol. The molecule has 6 nitrogen and oxygen atoms in total. The molecule has 2 atom stereocenters. The lowest BCUT2D eigenvalue weighted by Gasteiger charge is -2.23. The van der Waals surface area contributed by atoms with Crippen LogP contribution in [0.4, 0.5) is 0 Å². The van der Waals surface area contributed by atoms with E-state index in [1.165, 1.54) is 37.7 Å². The van der Waals surface area contributed by atoms with Crippen LogP contribution in [0.25, 0.3) is 0 Å². The summed E-state index contributed by atoms with van der Waals surface area (Å²) in [6.45, 7) is 18.4. The number of nitrogens with zero attached hydrogens (tertiary/aromatic N) is 1. The van der Waals surface area contributed by atoms with Crippen LogP contribution < -0.4 is 0 Å². The van der Waals surface area contributed by atoms with Gasteiger partial charge in [-0.15, -0.1) is 17.2 Å². The topological polar surface area (TPSA) is 49.4 Å². The van der Waals surface area contributed by atoms with Gasteiger partial charge in [-0.1, -0.05) is 6.92 Å². The molecule has 0 rings (SSSR count). The quantitative estimate of drug-likeness (QED) is 0.0948. The van der Waals surface area contributed by atoms with Gasteiger partial charge in [0.25, 0.3) is 0 Å². The van der Waals surface area contributed by atoms with Crippen molar-refractivity contribution < 1.29 is 23.7 Å². The standard InChI is InChI=1S/C24H53NO5P2/c1-6-17-26-18-11-14-25(15-21-31-19-12-23(27-7-2)28-8-3)16-22-32-20-13-24(29-9-4)30-10-5/h23-24,31-32H,6-22H2,1-5H3. The molecule has 0 aliphatic rings. The van der Waals surface area contributed by atoms with E-state index in [1.54, 1.807) is 0 Å². The fourth-order valence-corrected chi connectivity index (χ4v) is 5.64. The summed E-state index contributed by atoms with van der Waals surface area (Å²) >= 11 is 0. The van der Waals surface area contributed by atoms with Gasteiger partial charge in [-0.3, -0.25) is 0 Å². The van der Waals surface area contributed by atoms with E-state index in [0.717, 1.165) is 89.0 Å². The van der Waals surface area contributed by atoms with Crippen LogP contribution in [0, 0.1) is 0 Å². The molecular formula is C24H53NO5P2. The van der Waals surface area contributed by atoms with Crippen molar-refractivity contribution in [3.05, 3.63) is 0 Å². The maximum Gasteiger partial charge on any atom is 0.157 e. The highest BCUT2D eigenvalue weighted by atomic mass is 31.1. The van der Waals surface area contributed by atoms with Gasteiger partial charge < -0.3 is 28.6 Å². The fourth-order valence-electron chi connectivity index (χ4n) is 3.31. The van der Waals surface area contributed by atoms with E-state index < -0.39 is 0 Å². The molecule has 0 aromatic carbocycles. The van der Waals surface area contributed by atoms with Gasteiger partial charge >= 0.3 is 0 Å². The number of ether oxygens (including phenoxy) is 5. The number of hydrogen-bond acceptors (Lipinski definition) is 6. The van der Waals surface area contributed by atoms with Gasteiger partial charge in [-0.25, -0.2) is 0 Å². The van der Waals surface area contributed by atoms with Gasteiger partial charge in [-0.05, 0) is 65.2 Å². The van der Waals surface area contributed by atoms with Crippen molar-refractivity contribution in [1.29, 1.82) is 0 Å². The molecule has 2 unspecified atom stereocenters. The summed E-state index contributed by atoms with van der Waals surface area (Å²) in [5.41, 5.74) is 0. The molecule has 194 valence electrons. The van der Waals surface area contributed by atoms with Crippen LogP contribution in [0.3, 0.4) is 0 Å². The van der Waals surface area contributed by atoms with E-state index >= 15 is 0 Å². The Balaban J connectivity index is 4.14. The second-order valence-electron chi connectivity index (χ2n) is 7.57. The minimum Gasteiger partial charge on any atom is -0.381 e. The van der Waals surface area contributed by atoms with Crippen molar-refractivity contribution in [2.75, 3.05) is 83.9 Å². The maximum absolute atomic E-state index is 5.69. The molecule has 0 fully saturated rings. The van der Waals surface area contributed by atoms with E-state index in [9.17, 15) is 0 Å². The zero-order chi connectivity index (χ0) is 23.7. The lowest BCUT2D eigenvalue weighted by molar-refractivity contribution is -0.136. The van der Waals surface area contributed by atoms with Crippen LogP contribution >= 0.6 is 17.2 Å². The lowest BCUT2D eigenvalue weighted by Crippen LogP contribution is -2.30. The second-order valence-corrected chi connectivity index (χ2v) is 10.6. The van der Waals surface area contributed by atoms with Crippen LogP contribution in [0.2, 0.25) is 0 Å². The molecule has 8 heteroatoms. The summed E-state index contributed by atoms with van der Waals surface area (Å²) in [6, 6.07) is 0. The lowest BCUT2D eigenvalue weighted by atomic mass is 10.4. The van der Waals surface area contributed by atoms with Gasteiger partial charge in [0.15, 0.2) is 12.6 Å². The molecule has 0 saturated carbocycles. The summed E-state index contributed by atoms with van der Waals surface area (Å²) in [7, 11) is 1.94. The van der Waals surface area contributed by atoms with Crippen LogP contribution in [-0.4, -0.2) is 101 Å². The second kappa shape index (κ2) is 26.2. The van der Waals surface area contributed by atoms with E-state index in [4.69, 9.17) is 23.7 Å².